The lowest BCUT2D eigenvalue weighted by Crippen LogP contribution is -2.11. The number of rotatable bonds is 1. The summed E-state index contributed by atoms with van der Waals surface area (Å²) in [7, 11) is -3.76. The fourth-order valence-corrected chi connectivity index (χ4v) is 1.74. The summed E-state index contributed by atoms with van der Waals surface area (Å²) in [6, 6.07) is 2.58. The first-order valence-corrected chi connectivity index (χ1v) is 5.74. The lowest BCUT2D eigenvalue weighted by molar-refractivity contribution is -0.141. The van der Waals surface area contributed by atoms with Crippen LogP contribution >= 0.6 is 0 Å². The molecule has 0 N–H and O–H groups in total. The van der Waals surface area contributed by atoms with Crippen LogP contribution in [-0.4, -0.2) is 19.7 Å². The minimum Gasteiger partial charge on any atom is -0.231 e. The molecule has 4 nitrogen and oxygen atoms in total. The van der Waals surface area contributed by atoms with Crippen LogP contribution in [0.15, 0.2) is 17.0 Å². The van der Waals surface area contributed by atoms with Gasteiger partial charge in [0.1, 0.15) is 16.7 Å². The van der Waals surface area contributed by atoms with Gasteiger partial charge < -0.3 is 0 Å². The van der Waals surface area contributed by atoms with E-state index < -0.39 is 32.3 Å². The molecule has 0 aliphatic rings. The molecular weight excluding hydrogens is 245 g/mol. The van der Waals surface area contributed by atoms with Crippen molar-refractivity contribution in [2.45, 2.75) is 11.1 Å². The van der Waals surface area contributed by atoms with Crippen LogP contribution in [0.2, 0.25) is 0 Å². The molecule has 1 aromatic rings. The van der Waals surface area contributed by atoms with Crippen LogP contribution in [0.5, 0.6) is 0 Å². The Morgan fingerprint density at radius 3 is 2.31 bits per heavy atom. The monoisotopic (exact) mass is 250 g/mol. The van der Waals surface area contributed by atoms with E-state index in [2.05, 4.69) is 4.98 Å². The van der Waals surface area contributed by atoms with Gasteiger partial charge in [0, 0.05) is 6.26 Å². The van der Waals surface area contributed by atoms with Crippen molar-refractivity contribution in [3.8, 4) is 6.07 Å². The van der Waals surface area contributed by atoms with E-state index in [0.717, 1.165) is 12.3 Å². The van der Waals surface area contributed by atoms with Crippen molar-refractivity contribution in [1.29, 1.82) is 5.26 Å². The summed E-state index contributed by atoms with van der Waals surface area (Å²) in [5.41, 5.74) is -2.05. The number of hydrogen-bond donors (Lipinski definition) is 0. The zero-order valence-electron chi connectivity index (χ0n) is 7.91. The summed E-state index contributed by atoms with van der Waals surface area (Å²) in [5, 5.41) is 8.53. The number of halogens is 3. The average Bonchev–Trinajstić information content (AvgIpc) is 2.14. The molecule has 1 heterocycles. The number of sulfone groups is 1. The number of nitrogens with zero attached hydrogens (tertiary/aromatic N) is 2. The second kappa shape index (κ2) is 3.75. The molecule has 86 valence electrons. The molecule has 16 heavy (non-hydrogen) atoms. The predicted molar refractivity (Wildman–Crippen MR) is 47.1 cm³/mol. The largest absolute Gasteiger partial charge is 0.433 e. The highest BCUT2D eigenvalue weighted by atomic mass is 32.2. The quantitative estimate of drug-likeness (QED) is 0.754. The van der Waals surface area contributed by atoms with Crippen molar-refractivity contribution in [3.63, 3.8) is 0 Å². The van der Waals surface area contributed by atoms with Gasteiger partial charge in [0.25, 0.3) is 0 Å². The second-order valence-electron chi connectivity index (χ2n) is 2.92. The Bertz CT molecular complexity index is 558. The van der Waals surface area contributed by atoms with Crippen LogP contribution in [0.4, 0.5) is 13.2 Å². The average molecular weight is 250 g/mol. The van der Waals surface area contributed by atoms with E-state index in [9.17, 15) is 21.6 Å². The Kier molecular flexibility index (Phi) is 2.92. The molecule has 8 heteroatoms. The van der Waals surface area contributed by atoms with Crippen LogP contribution < -0.4 is 0 Å². The van der Waals surface area contributed by atoms with Crippen LogP contribution in [0.1, 0.15) is 11.4 Å². The van der Waals surface area contributed by atoms with Crippen LogP contribution in [0, 0.1) is 11.3 Å². The number of nitriles is 1. The molecule has 0 amide bonds. The normalized spacial score (nSPS) is 12.2. The zero-order valence-corrected chi connectivity index (χ0v) is 8.72. The third-order valence-electron chi connectivity index (χ3n) is 1.65. The maximum atomic E-state index is 12.2. The van der Waals surface area contributed by atoms with Crippen LogP contribution in [-0.2, 0) is 16.0 Å². The molecule has 0 aromatic carbocycles. The van der Waals surface area contributed by atoms with Crippen molar-refractivity contribution in [1.82, 2.24) is 4.98 Å². The van der Waals surface area contributed by atoms with E-state index in [-0.39, 0.29) is 0 Å². The van der Waals surface area contributed by atoms with Gasteiger partial charge in [-0.15, -0.1) is 0 Å². The van der Waals surface area contributed by atoms with Gasteiger partial charge in [-0.2, -0.15) is 18.4 Å². The lowest BCUT2D eigenvalue weighted by atomic mass is 10.3. The van der Waals surface area contributed by atoms with Gasteiger partial charge in [-0.1, -0.05) is 0 Å². The molecule has 0 aliphatic heterocycles. The van der Waals surface area contributed by atoms with E-state index in [4.69, 9.17) is 5.26 Å². The van der Waals surface area contributed by atoms with Gasteiger partial charge in [0.05, 0.1) is 0 Å². The minimum absolute atomic E-state index is 0.511. The first-order chi connectivity index (χ1) is 7.16. The van der Waals surface area contributed by atoms with Crippen molar-refractivity contribution in [2.75, 3.05) is 6.26 Å². The highest BCUT2D eigenvalue weighted by Gasteiger charge is 2.33. The molecule has 0 saturated carbocycles. The molecule has 0 aliphatic carbocycles. The van der Waals surface area contributed by atoms with E-state index in [1.807, 2.05) is 0 Å². The summed E-state index contributed by atoms with van der Waals surface area (Å²) in [6.07, 6.45) is -3.92. The standard InChI is InChI=1S/C8H5F3N2O2S/c1-16(14,15)6-2-3-7(8(9,10)11)13-5(6)4-12/h2-3H,1H3. The zero-order chi connectivity index (χ0) is 12.6. The maximum Gasteiger partial charge on any atom is 0.433 e. The smallest absolute Gasteiger partial charge is 0.231 e. The van der Waals surface area contributed by atoms with E-state index >= 15 is 0 Å². The Balaban J connectivity index is 3.48. The van der Waals surface area contributed by atoms with E-state index in [1.165, 1.54) is 6.07 Å². The van der Waals surface area contributed by atoms with Crippen molar-refractivity contribution in [2.24, 2.45) is 0 Å². The second-order valence-corrected chi connectivity index (χ2v) is 4.91. The van der Waals surface area contributed by atoms with Crippen molar-refractivity contribution in [3.05, 3.63) is 23.5 Å². The van der Waals surface area contributed by atoms with Crippen molar-refractivity contribution < 1.29 is 21.6 Å². The summed E-state index contributed by atoms with van der Waals surface area (Å²) < 4.78 is 58.8. The molecule has 0 atom stereocenters. The lowest BCUT2D eigenvalue weighted by Gasteiger charge is -2.07. The molecule has 0 radical (unpaired) electrons. The van der Waals surface area contributed by atoms with E-state index in [0.29, 0.717) is 6.07 Å². The third-order valence-corrected chi connectivity index (χ3v) is 2.78. The van der Waals surface area contributed by atoms with Gasteiger partial charge in [-0.05, 0) is 12.1 Å². The van der Waals surface area contributed by atoms with Gasteiger partial charge in [0.2, 0.25) is 0 Å². The van der Waals surface area contributed by atoms with Gasteiger partial charge in [-0.3, -0.25) is 0 Å². The van der Waals surface area contributed by atoms with E-state index in [1.54, 1.807) is 0 Å². The maximum absolute atomic E-state index is 12.2. The minimum atomic E-state index is -4.71. The molecule has 0 fully saturated rings. The van der Waals surface area contributed by atoms with Gasteiger partial charge >= 0.3 is 6.18 Å². The molecule has 0 saturated heterocycles. The fraction of sp³-hybridized carbons (Fsp3) is 0.250. The number of aromatic nitrogens is 1. The molecular formula is C8H5F3N2O2S. The SMILES string of the molecule is CS(=O)(=O)c1ccc(C(F)(F)F)nc1C#N. The third kappa shape index (κ3) is 2.49. The number of alkyl halides is 3. The fourth-order valence-electron chi connectivity index (χ4n) is 0.984. The van der Waals surface area contributed by atoms with Crippen LogP contribution in [0.25, 0.3) is 0 Å². The molecule has 1 aromatic heterocycles. The van der Waals surface area contributed by atoms with Crippen molar-refractivity contribution >= 4 is 9.84 Å². The summed E-state index contributed by atoms with van der Waals surface area (Å²) in [6.45, 7) is 0. The Hall–Kier alpha value is -1.62. The first-order valence-electron chi connectivity index (χ1n) is 3.84. The molecule has 1 rings (SSSR count). The highest BCUT2D eigenvalue weighted by Crippen LogP contribution is 2.28. The Labute approximate surface area is 89.3 Å². The van der Waals surface area contributed by atoms with Gasteiger partial charge in [-0.25, -0.2) is 13.4 Å². The van der Waals surface area contributed by atoms with Gasteiger partial charge in [0.15, 0.2) is 15.5 Å². The molecule has 0 spiro atoms. The Morgan fingerprint density at radius 2 is 1.94 bits per heavy atom. The number of hydrogen-bond acceptors (Lipinski definition) is 4. The first kappa shape index (κ1) is 12.4. The van der Waals surface area contributed by atoms with Crippen LogP contribution in [0.3, 0.4) is 0 Å². The summed E-state index contributed by atoms with van der Waals surface area (Å²) >= 11 is 0. The predicted octanol–water partition coefficient (Wildman–Crippen LogP) is 1.38. The number of pyridine rings is 1. The molecule has 0 unspecified atom stereocenters. The summed E-state index contributed by atoms with van der Waals surface area (Å²) in [5.74, 6) is 0. The molecule has 0 bridgehead atoms. The summed E-state index contributed by atoms with van der Waals surface area (Å²) in [4.78, 5) is 2.45. The topological polar surface area (TPSA) is 70.8 Å². The highest BCUT2D eigenvalue weighted by molar-refractivity contribution is 7.90. The Morgan fingerprint density at radius 1 is 1.38 bits per heavy atom.